The zero-order valence-electron chi connectivity index (χ0n) is 16.2. The lowest BCUT2D eigenvalue weighted by atomic mass is 9.82. The molecule has 0 saturated carbocycles. The molecule has 3 aromatic carbocycles. The molecule has 3 aromatic rings. The Morgan fingerprint density at radius 2 is 1.71 bits per heavy atom. The van der Waals surface area contributed by atoms with Crippen LogP contribution in [0.1, 0.15) is 47.9 Å². The summed E-state index contributed by atoms with van der Waals surface area (Å²) in [5.74, 6) is 0.259. The summed E-state index contributed by atoms with van der Waals surface area (Å²) in [5, 5.41) is 14.7. The molecule has 0 bridgehead atoms. The maximum atomic E-state index is 9.43. The Balaban J connectivity index is 1.82. The summed E-state index contributed by atoms with van der Waals surface area (Å²) in [6.07, 6.45) is 8.67. The molecule has 1 nitrogen and oxygen atoms in total. The molecule has 0 radical (unpaired) electrons. The highest BCUT2D eigenvalue weighted by Gasteiger charge is 2.29. The molecule has 2 aliphatic carbocycles. The molecule has 1 atom stereocenters. The zero-order valence-corrected chi connectivity index (χ0v) is 16.2. The predicted octanol–water partition coefficient (Wildman–Crippen LogP) is 4.22. The molecule has 2 aliphatic rings. The van der Waals surface area contributed by atoms with Crippen molar-refractivity contribution in [3.63, 3.8) is 0 Å². The molecule has 0 heterocycles. The molecule has 1 heteroatoms. The second-order valence-corrected chi connectivity index (χ2v) is 7.66. The molecular weight excluding hydrogens is 340 g/mol. The SMILES string of the molecule is CC=c1ccc2c(c1C1C(CCCO)=Cc3ccccc31)C=c1ccccc1=2. The van der Waals surface area contributed by atoms with Crippen molar-refractivity contribution in [3.05, 3.63) is 109 Å². The quantitative estimate of drug-likeness (QED) is 0.575. The smallest absolute Gasteiger partial charge is 0.0434 e. The molecular formula is C27H24O. The molecule has 0 amide bonds. The molecule has 0 spiro atoms. The van der Waals surface area contributed by atoms with Crippen molar-refractivity contribution in [1.82, 2.24) is 0 Å². The largest absolute Gasteiger partial charge is 0.396 e. The van der Waals surface area contributed by atoms with E-state index in [1.807, 2.05) is 0 Å². The fourth-order valence-corrected chi connectivity index (χ4v) is 4.87. The van der Waals surface area contributed by atoms with Crippen LogP contribution >= 0.6 is 0 Å². The number of hydrogen-bond donors (Lipinski definition) is 1. The predicted molar refractivity (Wildman–Crippen MR) is 116 cm³/mol. The van der Waals surface area contributed by atoms with E-state index < -0.39 is 0 Å². The average molecular weight is 364 g/mol. The first-order chi connectivity index (χ1) is 13.8. The van der Waals surface area contributed by atoms with Gasteiger partial charge in [-0.15, -0.1) is 0 Å². The van der Waals surface area contributed by atoms with Gasteiger partial charge in [0, 0.05) is 12.5 Å². The molecule has 5 rings (SSSR count). The highest BCUT2D eigenvalue weighted by Crippen LogP contribution is 2.43. The lowest BCUT2D eigenvalue weighted by Gasteiger charge is -2.21. The number of aliphatic hydroxyl groups is 1. The molecule has 28 heavy (non-hydrogen) atoms. The van der Waals surface area contributed by atoms with Crippen molar-refractivity contribution in [2.24, 2.45) is 0 Å². The van der Waals surface area contributed by atoms with Crippen LogP contribution < -0.4 is 10.4 Å². The molecule has 1 N–H and O–H groups in total. The van der Waals surface area contributed by atoms with E-state index in [1.54, 1.807) is 0 Å². The summed E-state index contributed by atoms with van der Waals surface area (Å²) in [7, 11) is 0. The fraction of sp³-hybridized carbons (Fsp3) is 0.185. The Morgan fingerprint density at radius 1 is 0.893 bits per heavy atom. The first kappa shape index (κ1) is 17.2. The number of rotatable bonds is 4. The lowest BCUT2D eigenvalue weighted by molar-refractivity contribution is 0.288. The maximum Gasteiger partial charge on any atom is 0.0434 e. The molecule has 0 aromatic heterocycles. The van der Waals surface area contributed by atoms with Crippen LogP contribution in [0.2, 0.25) is 0 Å². The zero-order chi connectivity index (χ0) is 19.1. The standard InChI is InChI=1S/C27H24O/c1-2-18-13-14-24-22-11-5-3-9-20(22)17-25(24)26(18)27-21(10-7-15-28)16-19-8-4-6-12-23(19)27/h2-6,8-9,11-14,16-17,27-28H,7,10,15H2,1H3. The van der Waals surface area contributed by atoms with Crippen LogP contribution in [0.3, 0.4) is 0 Å². The Bertz CT molecular complexity index is 1310. The topological polar surface area (TPSA) is 20.2 Å². The van der Waals surface area contributed by atoms with Crippen molar-refractivity contribution in [2.45, 2.75) is 25.7 Å². The van der Waals surface area contributed by atoms with Gasteiger partial charge in [0.15, 0.2) is 0 Å². The number of fused-ring (bicyclic) bond motifs is 3. The monoisotopic (exact) mass is 364 g/mol. The van der Waals surface area contributed by atoms with Gasteiger partial charge in [0.05, 0.1) is 0 Å². The molecule has 0 aliphatic heterocycles. The van der Waals surface area contributed by atoms with Gasteiger partial charge in [-0.25, -0.2) is 0 Å². The summed E-state index contributed by atoms with van der Waals surface area (Å²) < 4.78 is 0. The van der Waals surface area contributed by atoms with E-state index in [2.05, 4.69) is 85.8 Å². The maximum absolute atomic E-state index is 9.43. The van der Waals surface area contributed by atoms with Crippen LogP contribution in [-0.4, -0.2) is 11.7 Å². The van der Waals surface area contributed by atoms with Crippen LogP contribution in [0.15, 0.2) is 66.2 Å². The second kappa shape index (κ2) is 6.92. The Kier molecular flexibility index (Phi) is 4.26. The summed E-state index contributed by atoms with van der Waals surface area (Å²) in [6, 6.07) is 22.0. The third-order valence-corrected chi connectivity index (χ3v) is 6.11. The van der Waals surface area contributed by atoms with Crippen LogP contribution in [0.4, 0.5) is 0 Å². The Morgan fingerprint density at radius 3 is 2.57 bits per heavy atom. The average Bonchev–Trinajstić information content (AvgIpc) is 3.29. The number of aliphatic hydroxyl groups excluding tert-OH is 1. The van der Waals surface area contributed by atoms with Crippen LogP contribution in [-0.2, 0) is 0 Å². The van der Waals surface area contributed by atoms with Gasteiger partial charge in [-0.1, -0.05) is 78.4 Å². The fourth-order valence-electron chi connectivity index (χ4n) is 4.87. The highest BCUT2D eigenvalue weighted by atomic mass is 16.2. The van der Waals surface area contributed by atoms with Gasteiger partial charge in [0.2, 0.25) is 0 Å². The Labute approximate surface area is 165 Å². The number of allylic oxidation sites excluding steroid dienone is 1. The van der Waals surface area contributed by atoms with Crippen molar-refractivity contribution in [1.29, 1.82) is 0 Å². The van der Waals surface area contributed by atoms with E-state index in [4.69, 9.17) is 0 Å². The second-order valence-electron chi connectivity index (χ2n) is 7.66. The Hall–Kier alpha value is -2.90. The third-order valence-electron chi connectivity index (χ3n) is 6.11. The summed E-state index contributed by atoms with van der Waals surface area (Å²) in [6.45, 7) is 2.36. The van der Waals surface area contributed by atoms with Gasteiger partial charge in [-0.2, -0.15) is 0 Å². The minimum Gasteiger partial charge on any atom is -0.396 e. The van der Waals surface area contributed by atoms with E-state index in [1.165, 1.54) is 48.7 Å². The van der Waals surface area contributed by atoms with Crippen molar-refractivity contribution < 1.29 is 5.11 Å². The summed E-state index contributed by atoms with van der Waals surface area (Å²) in [5.41, 5.74) is 6.88. The minimum atomic E-state index is 0.234. The van der Waals surface area contributed by atoms with Gasteiger partial charge in [-0.05, 0) is 69.0 Å². The van der Waals surface area contributed by atoms with Gasteiger partial charge in [0.1, 0.15) is 0 Å². The van der Waals surface area contributed by atoms with Gasteiger partial charge in [-0.3, -0.25) is 0 Å². The molecule has 0 saturated heterocycles. The van der Waals surface area contributed by atoms with E-state index in [0.717, 1.165) is 12.8 Å². The van der Waals surface area contributed by atoms with Gasteiger partial charge < -0.3 is 5.11 Å². The van der Waals surface area contributed by atoms with Crippen LogP contribution in [0.25, 0.3) is 18.2 Å². The van der Waals surface area contributed by atoms with Crippen molar-refractivity contribution in [2.75, 3.05) is 6.61 Å². The van der Waals surface area contributed by atoms with E-state index in [9.17, 15) is 5.11 Å². The van der Waals surface area contributed by atoms with Gasteiger partial charge >= 0.3 is 0 Å². The first-order valence-electron chi connectivity index (χ1n) is 10.1. The minimum absolute atomic E-state index is 0.234. The molecule has 0 fully saturated rings. The van der Waals surface area contributed by atoms with Gasteiger partial charge in [0.25, 0.3) is 0 Å². The van der Waals surface area contributed by atoms with Crippen LogP contribution in [0.5, 0.6) is 0 Å². The normalized spacial score (nSPS) is 17.0. The molecule has 138 valence electrons. The van der Waals surface area contributed by atoms with Crippen LogP contribution in [0, 0.1) is 10.4 Å². The summed E-state index contributed by atoms with van der Waals surface area (Å²) >= 11 is 0. The van der Waals surface area contributed by atoms with E-state index in [0.29, 0.717) is 0 Å². The molecule has 1 unspecified atom stereocenters. The third kappa shape index (κ3) is 2.58. The highest BCUT2D eigenvalue weighted by molar-refractivity contribution is 5.73. The lowest BCUT2D eigenvalue weighted by Crippen LogP contribution is -2.17. The first-order valence-corrected chi connectivity index (χ1v) is 10.1. The summed E-state index contributed by atoms with van der Waals surface area (Å²) in [4.78, 5) is 0. The van der Waals surface area contributed by atoms with Crippen molar-refractivity contribution in [3.8, 4) is 0 Å². The number of hydrogen-bond acceptors (Lipinski definition) is 1. The van der Waals surface area contributed by atoms with Crippen molar-refractivity contribution >= 4 is 18.2 Å². The number of benzene rings is 3. The van der Waals surface area contributed by atoms with E-state index in [-0.39, 0.29) is 12.5 Å². The van der Waals surface area contributed by atoms with E-state index >= 15 is 0 Å².